The molecule has 8 nitrogen and oxygen atoms in total. The molecule has 8 heteroatoms. The monoisotopic (exact) mass is 401 g/mol. The second kappa shape index (κ2) is 8.23. The summed E-state index contributed by atoms with van der Waals surface area (Å²) in [5.74, 6) is -0.782. The van der Waals surface area contributed by atoms with Crippen LogP contribution in [0.4, 0.5) is 4.79 Å². The van der Waals surface area contributed by atoms with Crippen molar-refractivity contribution in [1.82, 2.24) is 15.1 Å². The standard InChI is InChI=1S/C21H27N3O5/c1-14-9-15(2)11-23(10-14)17(25)13-29-18(26)12-24-19(27)21(3,22-20(24)28)16-7-5-4-6-8-16/h4-8,14-15H,9-13H2,1-3H3,(H,22,28)/t14-,15-,21-/m1/s1. The summed E-state index contributed by atoms with van der Waals surface area (Å²) in [6.45, 7) is 6.13. The summed E-state index contributed by atoms with van der Waals surface area (Å²) in [7, 11) is 0. The molecule has 29 heavy (non-hydrogen) atoms. The highest BCUT2D eigenvalue weighted by Crippen LogP contribution is 2.28. The van der Waals surface area contributed by atoms with Crippen LogP contribution in [0.15, 0.2) is 30.3 Å². The molecule has 0 bridgehead atoms. The summed E-state index contributed by atoms with van der Waals surface area (Å²) in [4.78, 5) is 52.1. The number of ether oxygens (including phenoxy) is 1. The molecule has 2 aliphatic heterocycles. The number of carbonyl (C=O) groups is 4. The van der Waals surface area contributed by atoms with Crippen molar-refractivity contribution in [3.8, 4) is 0 Å². The first-order valence-electron chi connectivity index (χ1n) is 9.83. The second-order valence-electron chi connectivity index (χ2n) is 8.22. The fourth-order valence-corrected chi connectivity index (χ4v) is 4.08. The minimum atomic E-state index is -1.24. The van der Waals surface area contributed by atoms with Gasteiger partial charge in [-0.2, -0.15) is 0 Å². The van der Waals surface area contributed by atoms with Crippen molar-refractivity contribution in [3.05, 3.63) is 35.9 Å². The Balaban J connectivity index is 1.56. The first-order valence-corrected chi connectivity index (χ1v) is 9.83. The maximum Gasteiger partial charge on any atom is 0.326 e. The minimum Gasteiger partial charge on any atom is -0.454 e. The Morgan fingerprint density at radius 1 is 1.14 bits per heavy atom. The SMILES string of the molecule is C[C@@H]1C[C@@H](C)CN(C(=O)COC(=O)CN2C(=O)N[C@](C)(c3ccccc3)C2=O)C1. The van der Waals surface area contributed by atoms with Crippen LogP contribution >= 0.6 is 0 Å². The van der Waals surface area contributed by atoms with Crippen LogP contribution in [0.2, 0.25) is 0 Å². The Hall–Kier alpha value is -2.90. The van der Waals surface area contributed by atoms with E-state index in [0.717, 1.165) is 11.3 Å². The van der Waals surface area contributed by atoms with Gasteiger partial charge in [-0.1, -0.05) is 44.2 Å². The molecule has 156 valence electrons. The summed E-state index contributed by atoms with van der Waals surface area (Å²) in [6, 6.07) is 8.15. The number of rotatable bonds is 5. The largest absolute Gasteiger partial charge is 0.454 e. The Kier molecular flexibility index (Phi) is 5.91. The number of hydrogen-bond donors (Lipinski definition) is 1. The Labute approximate surface area is 170 Å². The van der Waals surface area contributed by atoms with E-state index in [1.54, 1.807) is 36.1 Å². The number of amides is 4. The molecular weight excluding hydrogens is 374 g/mol. The van der Waals surface area contributed by atoms with Gasteiger partial charge in [0.25, 0.3) is 11.8 Å². The van der Waals surface area contributed by atoms with Crippen LogP contribution in [0, 0.1) is 11.8 Å². The molecule has 4 amide bonds. The molecule has 0 aromatic heterocycles. The molecule has 1 aromatic rings. The van der Waals surface area contributed by atoms with Crippen molar-refractivity contribution in [2.24, 2.45) is 11.8 Å². The number of imide groups is 1. The van der Waals surface area contributed by atoms with Crippen molar-refractivity contribution < 1.29 is 23.9 Å². The highest BCUT2D eigenvalue weighted by atomic mass is 16.5. The van der Waals surface area contributed by atoms with Crippen molar-refractivity contribution in [1.29, 1.82) is 0 Å². The predicted octanol–water partition coefficient (Wildman–Crippen LogP) is 1.50. The third kappa shape index (κ3) is 4.41. The van der Waals surface area contributed by atoms with E-state index >= 15 is 0 Å². The van der Waals surface area contributed by atoms with Crippen molar-refractivity contribution in [3.63, 3.8) is 0 Å². The first kappa shape index (κ1) is 20.8. The van der Waals surface area contributed by atoms with Crippen LogP contribution in [-0.4, -0.2) is 59.9 Å². The van der Waals surface area contributed by atoms with Gasteiger partial charge in [0.15, 0.2) is 6.61 Å². The van der Waals surface area contributed by atoms with Crippen LogP contribution in [0.5, 0.6) is 0 Å². The third-order valence-electron chi connectivity index (χ3n) is 5.49. The molecule has 2 heterocycles. The van der Waals surface area contributed by atoms with Crippen LogP contribution in [-0.2, 0) is 24.7 Å². The van der Waals surface area contributed by atoms with Gasteiger partial charge in [-0.3, -0.25) is 19.3 Å². The number of benzene rings is 1. The lowest BCUT2D eigenvalue weighted by Crippen LogP contribution is -2.45. The number of piperidine rings is 1. The fraction of sp³-hybridized carbons (Fsp3) is 0.524. The van der Waals surface area contributed by atoms with E-state index in [9.17, 15) is 19.2 Å². The lowest BCUT2D eigenvalue weighted by atomic mass is 9.92. The lowest BCUT2D eigenvalue weighted by Gasteiger charge is -2.34. The average Bonchev–Trinajstić information content (AvgIpc) is 2.90. The number of nitrogens with one attached hydrogen (secondary N) is 1. The quantitative estimate of drug-likeness (QED) is 0.596. The van der Waals surface area contributed by atoms with Gasteiger partial charge in [-0.15, -0.1) is 0 Å². The van der Waals surface area contributed by atoms with Gasteiger partial charge in [0.05, 0.1) is 0 Å². The number of urea groups is 1. The van der Waals surface area contributed by atoms with Gasteiger partial charge in [-0.05, 0) is 30.7 Å². The highest BCUT2D eigenvalue weighted by molar-refractivity contribution is 6.08. The van der Waals surface area contributed by atoms with Gasteiger partial charge in [-0.25, -0.2) is 4.79 Å². The Bertz CT molecular complexity index is 802. The topological polar surface area (TPSA) is 96.0 Å². The smallest absolute Gasteiger partial charge is 0.326 e. The molecule has 2 saturated heterocycles. The van der Waals surface area contributed by atoms with E-state index in [1.165, 1.54) is 0 Å². The zero-order valence-corrected chi connectivity index (χ0v) is 17.0. The van der Waals surface area contributed by atoms with E-state index in [-0.39, 0.29) is 5.91 Å². The zero-order valence-electron chi connectivity index (χ0n) is 17.0. The summed E-state index contributed by atoms with van der Waals surface area (Å²) in [6.07, 6.45) is 1.07. The van der Waals surface area contributed by atoms with Crippen molar-refractivity contribution in [2.75, 3.05) is 26.2 Å². The van der Waals surface area contributed by atoms with Crippen LogP contribution < -0.4 is 5.32 Å². The second-order valence-corrected chi connectivity index (χ2v) is 8.22. The number of carbonyl (C=O) groups excluding carboxylic acids is 4. The average molecular weight is 401 g/mol. The number of hydrogen-bond acceptors (Lipinski definition) is 5. The molecule has 0 spiro atoms. The van der Waals surface area contributed by atoms with Gasteiger partial charge in [0.2, 0.25) is 0 Å². The van der Waals surface area contributed by atoms with Gasteiger partial charge in [0.1, 0.15) is 12.1 Å². The molecule has 0 unspecified atom stereocenters. The van der Waals surface area contributed by atoms with E-state index in [4.69, 9.17) is 4.74 Å². The maximum atomic E-state index is 12.8. The van der Waals surface area contributed by atoms with E-state index in [2.05, 4.69) is 19.2 Å². The molecule has 2 fully saturated rings. The molecule has 3 rings (SSSR count). The number of likely N-dealkylation sites (tertiary alicyclic amines) is 1. The molecule has 1 aromatic carbocycles. The molecule has 0 aliphatic carbocycles. The van der Waals surface area contributed by atoms with Gasteiger partial charge in [0, 0.05) is 13.1 Å². The highest BCUT2D eigenvalue weighted by Gasteiger charge is 2.49. The van der Waals surface area contributed by atoms with Crippen LogP contribution in [0.25, 0.3) is 0 Å². The van der Waals surface area contributed by atoms with Gasteiger partial charge < -0.3 is 15.0 Å². The molecule has 2 aliphatic rings. The van der Waals surface area contributed by atoms with E-state index < -0.39 is 36.6 Å². The molecular formula is C21H27N3O5. The summed E-state index contributed by atoms with van der Waals surface area (Å²) >= 11 is 0. The van der Waals surface area contributed by atoms with Crippen LogP contribution in [0.3, 0.4) is 0 Å². The lowest BCUT2D eigenvalue weighted by molar-refractivity contribution is -0.154. The van der Waals surface area contributed by atoms with E-state index in [1.807, 2.05) is 6.07 Å². The zero-order chi connectivity index (χ0) is 21.2. The fourth-order valence-electron chi connectivity index (χ4n) is 4.08. The minimum absolute atomic E-state index is 0.261. The first-order chi connectivity index (χ1) is 13.7. The summed E-state index contributed by atoms with van der Waals surface area (Å²) in [5.41, 5.74) is -0.619. The Morgan fingerprint density at radius 2 is 1.76 bits per heavy atom. The maximum absolute atomic E-state index is 12.8. The van der Waals surface area contributed by atoms with Gasteiger partial charge >= 0.3 is 12.0 Å². The molecule has 1 N–H and O–H groups in total. The van der Waals surface area contributed by atoms with Crippen LogP contribution in [0.1, 0.15) is 32.8 Å². The van der Waals surface area contributed by atoms with E-state index in [0.29, 0.717) is 30.5 Å². The summed E-state index contributed by atoms with van der Waals surface area (Å²) < 4.78 is 5.06. The van der Waals surface area contributed by atoms with Crippen molar-refractivity contribution in [2.45, 2.75) is 32.7 Å². The molecule has 3 atom stereocenters. The van der Waals surface area contributed by atoms with Crippen molar-refractivity contribution >= 4 is 23.8 Å². The molecule has 0 radical (unpaired) electrons. The number of nitrogens with zero attached hydrogens (tertiary/aromatic N) is 2. The third-order valence-corrected chi connectivity index (χ3v) is 5.49. The summed E-state index contributed by atoms with van der Waals surface area (Å²) in [5, 5.41) is 2.63. The molecule has 0 saturated carbocycles. The normalized spacial score (nSPS) is 27.0. The number of esters is 1. The Morgan fingerprint density at radius 3 is 2.38 bits per heavy atom. The predicted molar refractivity (Wildman–Crippen MR) is 105 cm³/mol.